The van der Waals surface area contributed by atoms with Crippen molar-refractivity contribution in [2.75, 3.05) is 13.6 Å². The van der Waals surface area contributed by atoms with Gasteiger partial charge in [0.2, 0.25) is 0 Å². The van der Waals surface area contributed by atoms with Gasteiger partial charge in [0.05, 0.1) is 0 Å². The van der Waals surface area contributed by atoms with Crippen LogP contribution in [0.1, 0.15) is 20.3 Å². The fourth-order valence-corrected chi connectivity index (χ4v) is 1.18. The van der Waals surface area contributed by atoms with E-state index in [9.17, 15) is 0 Å². The van der Waals surface area contributed by atoms with Gasteiger partial charge in [-0.3, -0.25) is 0 Å². The Labute approximate surface area is 76.1 Å². The van der Waals surface area contributed by atoms with Crippen molar-refractivity contribution in [2.45, 2.75) is 20.3 Å². The maximum atomic E-state index is 3.95. The zero-order valence-corrected chi connectivity index (χ0v) is 8.43. The molecule has 1 aliphatic heterocycles. The summed E-state index contributed by atoms with van der Waals surface area (Å²) in [6.07, 6.45) is 4.91. The van der Waals surface area contributed by atoms with Crippen LogP contribution in [0.5, 0.6) is 0 Å². The predicted octanol–water partition coefficient (Wildman–Crippen LogP) is 2.97. The van der Waals surface area contributed by atoms with Crippen molar-refractivity contribution >= 4 is 0 Å². The average molecular weight is 165 g/mol. The average Bonchev–Trinajstić information content (AvgIpc) is 2.40. The molecule has 12 heavy (non-hydrogen) atoms. The summed E-state index contributed by atoms with van der Waals surface area (Å²) in [5.74, 6) is 0. The Balaban J connectivity index is 0.000000561. The standard InChI is InChI=1S/C9H13N.C2H6/c1-4-5-9-8(2)6-7-10(9)3;1-2/h4-5H,1-2,6-7H2,3H3;1-2H3/b9-5+;. The molecule has 68 valence electrons. The van der Waals surface area contributed by atoms with Crippen molar-refractivity contribution in [3.8, 4) is 0 Å². The first kappa shape index (κ1) is 11.0. The molecule has 0 aliphatic carbocycles. The summed E-state index contributed by atoms with van der Waals surface area (Å²) in [4.78, 5) is 2.20. The lowest BCUT2D eigenvalue weighted by atomic mass is 10.2. The van der Waals surface area contributed by atoms with Crippen LogP contribution in [-0.2, 0) is 0 Å². The van der Waals surface area contributed by atoms with Crippen LogP contribution in [0, 0.1) is 0 Å². The first-order chi connectivity index (χ1) is 5.75. The second kappa shape index (κ2) is 5.64. The maximum absolute atomic E-state index is 3.95. The van der Waals surface area contributed by atoms with E-state index in [-0.39, 0.29) is 0 Å². The highest BCUT2D eigenvalue weighted by Crippen LogP contribution is 2.23. The maximum Gasteiger partial charge on any atom is 0.0390 e. The SMILES string of the molecule is C=C/C=C1\C(=C)CCN1C.CC. The highest BCUT2D eigenvalue weighted by Gasteiger charge is 2.14. The molecule has 0 atom stereocenters. The van der Waals surface area contributed by atoms with E-state index in [1.54, 1.807) is 0 Å². The Morgan fingerprint density at radius 2 is 2.00 bits per heavy atom. The zero-order chi connectivity index (χ0) is 9.56. The second-order valence-electron chi connectivity index (χ2n) is 2.56. The van der Waals surface area contributed by atoms with Gasteiger partial charge in [-0.25, -0.2) is 0 Å². The van der Waals surface area contributed by atoms with Gasteiger partial charge >= 0.3 is 0 Å². The lowest BCUT2D eigenvalue weighted by Crippen LogP contribution is -2.09. The summed E-state index contributed by atoms with van der Waals surface area (Å²) < 4.78 is 0. The second-order valence-corrected chi connectivity index (χ2v) is 2.56. The normalized spacial score (nSPS) is 19.1. The molecule has 0 amide bonds. The molecule has 1 aliphatic rings. The third-order valence-electron chi connectivity index (χ3n) is 1.80. The van der Waals surface area contributed by atoms with Gasteiger partial charge in [0.25, 0.3) is 0 Å². The summed E-state index contributed by atoms with van der Waals surface area (Å²) >= 11 is 0. The molecule has 1 heterocycles. The number of hydrogen-bond donors (Lipinski definition) is 0. The minimum atomic E-state index is 1.09. The van der Waals surface area contributed by atoms with Crippen LogP contribution < -0.4 is 0 Å². The molecule has 0 aromatic heterocycles. The lowest BCUT2D eigenvalue weighted by molar-refractivity contribution is 0.482. The van der Waals surface area contributed by atoms with Crippen LogP contribution >= 0.6 is 0 Å². The molecule has 0 saturated carbocycles. The van der Waals surface area contributed by atoms with Crippen molar-refractivity contribution < 1.29 is 0 Å². The molecule has 1 fully saturated rings. The van der Waals surface area contributed by atoms with Gasteiger partial charge in [-0.15, -0.1) is 0 Å². The highest BCUT2D eigenvalue weighted by atomic mass is 15.1. The predicted molar refractivity (Wildman–Crippen MR) is 56.0 cm³/mol. The lowest BCUT2D eigenvalue weighted by Gasteiger charge is -2.11. The topological polar surface area (TPSA) is 3.24 Å². The molecule has 1 nitrogen and oxygen atoms in total. The molecule has 0 bridgehead atoms. The third kappa shape index (κ3) is 2.57. The Hall–Kier alpha value is -0.980. The fourth-order valence-electron chi connectivity index (χ4n) is 1.18. The minimum Gasteiger partial charge on any atom is -0.374 e. The van der Waals surface area contributed by atoms with Crippen LogP contribution in [0.4, 0.5) is 0 Å². The fraction of sp³-hybridized carbons (Fsp3) is 0.455. The quantitative estimate of drug-likeness (QED) is 0.577. The van der Waals surface area contributed by atoms with Crippen molar-refractivity contribution in [1.29, 1.82) is 0 Å². The molecule has 0 aromatic carbocycles. The number of hydrogen-bond acceptors (Lipinski definition) is 1. The molecular formula is C11H19N. The Morgan fingerprint density at radius 3 is 2.33 bits per heavy atom. The van der Waals surface area contributed by atoms with Crippen LogP contribution in [0.15, 0.2) is 36.6 Å². The van der Waals surface area contributed by atoms with Gasteiger partial charge in [-0.2, -0.15) is 0 Å². The molecule has 1 rings (SSSR count). The van der Waals surface area contributed by atoms with E-state index in [0.29, 0.717) is 0 Å². The molecule has 0 radical (unpaired) electrons. The number of nitrogens with zero attached hydrogens (tertiary/aromatic N) is 1. The molecule has 0 aromatic rings. The summed E-state index contributed by atoms with van der Waals surface area (Å²) in [6, 6.07) is 0. The van der Waals surface area contributed by atoms with Crippen LogP contribution in [-0.4, -0.2) is 18.5 Å². The smallest absolute Gasteiger partial charge is 0.0390 e. The van der Waals surface area contributed by atoms with Crippen LogP contribution in [0.3, 0.4) is 0 Å². The van der Waals surface area contributed by atoms with Crippen molar-refractivity contribution in [3.63, 3.8) is 0 Å². The molecular weight excluding hydrogens is 146 g/mol. The molecule has 0 unspecified atom stereocenters. The van der Waals surface area contributed by atoms with Crippen molar-refractivity contribution in [2.24, 2.45) is 0 Å². The summed E-state index contributed by atoms with van der Waals surface area (Å²) in [5, 5.41) is 0. The largest absolute Gasteiger partial charge is 0.374 e. The van der Waals surface area contributed by atoms with Gasteiger partial charge in [-0.1, -0.05) is 33.1 Å². The van der Waals surface area contributed by atoms with Crippen molar-refractivity contribution in [1.82, 2.24) is 4.90 Å². The van der Waals surface area contributed by atoms with E-state index in [4.69, 9.17) is 0 Å². The summed E-state index contributed by atoms with van der Waals surface area (Å²) in [6.45, 7) is 12.7. The van der Waals surface area contributed by atoms with E-state index >= 15 is 0 Å². The monoisotopic (exact) mass is 165 g/mol. The third-order valence-corrected chi connectivity index (χ3v) is 1.80. The van der Waals surface area contributed by atoms with E-state index in [1.165, 1.54) is 11.3 Å². The first-order valence-corrected chi connectivity index (χ1v) is 4.47. The van der Waals surface area contributed by atoms with Crippen molar-refractivity contribution in [3.05, 3.63) is 36.6 Å². The summed E-state index contributed by atoms with van der Waals surface area (Å²) in [5.41, 5.74) is 2.46. The molecule has 1 saturated heterocycles. The number of allylic oxidation sites excluding steroid dienone is 3. The van der Waals surface area contributed by atoms with E-state index in [2.05, 4.69) is 25.1 Å². The minimum absolute atomic E-state index is 1.09. The molecule has 0 N–H and O–H groups in total. The molecule has 0 spiro atoms. The molecule has 1 heteroatoms. The Kier molecular flexibility index (Phi) is 5.18. The van der Waals surface area contributed by atoms with Gasteiger partial charge in [0, 0.05) is 19.3 Å². The Bertz CT molecular complexity index is 189. The van der Waals surface area contributed by atoms with Gasteiger partial charge in [0.1, 0.15) is 0 Å². The van der Waals surface area contributed by atoms with Crippen LogP contribution in [0.25, 0.3) is 0 Å². The van der Waals surface area contributed by atoms with E-state index in [0.717, 1.165) is 13.0 Å². The van der Waals surface area contributed by atoms with Gasteiger partial charge in [0.15, 0.2) is 0 Å². The van der Waals surface area contributed by atoms with Crippen LogP contribution in [0.2, 0.25) is 0 Å². The summed E-state index contributed by atoms with van der Waals surface area (Å²) in [7, 11) is 2.08. The van der Waals surface area contributed by atoms with E-state index in [1.807, 2.05) is 26.0 Å². The number of rotatable bonds is 1. The number of likely N-dealkylation sites (N-methyl/N-ethyl adjacent to an activating group) is 1. The zero-order valence-electron chi connectivity index (χ0n) is 8.43. The number of likely N-dealkylation sites (tertiary alicyclic amines) is 1. The highest BCUT2D eigenvalue weighted by molar-refractivity contribution is 5.33. The van der Waals surface area contributed by atoms with Gasteiger partial charge in [-0.05, 0) is 18.1 Å². The van der Waals surface area contributed by atoms with Gasteiger partial charge < -0.3 is 4.90 Å². The first-order valence-electron chi connectivity index (χ1n) is 4.47. The van der Waals surface area contributed by atoms with E-state index < -0.39 is 0 Å². The Morgan fingerprint density at radius 1 is 1.42 bits per heavy atom.